The minimum atomic E-state index is -0.507. The number of amides is 3. The molecule has 1 heterocycles. The Morgan fingerprint density at radius 3 is 2.00 bits per heavy atom. The van der Waals surface area contributed by atoms with Gasteiger partial charge >= 0.3 is 0 Å². The van der Waals surface area contributed by atoms with Crippen molar-refractivity contribution in [3.8, 4) is 0 Å². The lowest BCUT2D eigenvalue weighted by atomic mass is 10.0. The van der Waals surface area contributed by atoms with Crippen LogP contribution in [0.1, 0.15) is 47.0 Å². The van der Waals surface area contributed by atoms with Gasteiger partial charge in [0.1, 0.15) is 0 Å². The number of nitrogens with zero attached hydrogens (tertiary/aromatic N) is 1. The predicted octanol–water partition coefficient (Wildman–Crippen LogP) is 5.62. The Bertz CT molecular complexity index is 1480. The smallest absolute Gasteiger partial charge is 0.266 e. The molecule has 1 N–H and O–H groups in total. The summed E-state index contributed by atoms with van der Waals surface area (Å²) in [6, 6.07) is 26.1. The predicted molar refractivity (Wildman–Crippen MR) is 133 cm³/mol. The molecule has 1 aliphatic heterocycles. The quantitative estimate of drug-likeness (QED) is 0.296. The molecule has 0 aliphatic carbocycles. The number of hydrogen-bond acceptors (Lipinski definition) is 4. The first kappa shape index (κ1) is 22.3. The first-order valence-electron chi connectivity index (χ1n) is 10.7. The molecule has 0 saturated carbocycles. The van der Waals surface area contributed by atoms with Crippen molar-refractivity contribution in [2.45, 2.75) is 0 Å². The van der Waals surface area contributed by atoms with Crippen LogP contribution in [-0.4, -0.2) is 23.5 Å². The maximum atomic E-state index is 13.1. The average Bonchev–Trinajstić information content (AvgIpc) is 3.15. The largest absolute Gasteiger partial charge is 0.321 e. The zero-order chi connectivity index (χ0) is 24.5. The highest BCUT2D eigenvalue weighted by molar-refractivity contribution is 6.34. The highest BCUT2D eigenvalue weighted by Gasteiger charge is 2.36. The summed E-state index contributed by atoms with van der Waals surface area (Å²) in [4.78, 5) is 52.9. The molecule has 35 heavy (non-hydrogen) atoms. The summed E-state index contributed by atoms with van der Waals surface area (Å²) in [5.41, 5.74) is 2.12. The molecule has 0 fully saturated rings. The van der Waals surface area contributed by atoms with E-state index in [2.05, 4.69) is 5.32 Å². The van der Waals surface area contributed by atoms with E-state index in [9.17, 15) is 19.2 Å². The van der Waals surface area contributed by atoms with Crippen molar-refractivity contribution in [2.24, 2.45) is 0 Å². The lowest BCUT2D eigenvalue weighted by molar-refractivity contribution is 0.0923. The van der Waals surface area contributed by atoms with Crippen molar-refractivity contribution in [1.29, 1.82) is 0 Å². The molecule has 0 aromatic heterocycles. The summed E-state index contributed by atoms with van der Waals surface area (Å²) >= 11 is 6.13. The second kappa shape index (κ2) is 9.00. The Morgan fingerprint density at radius 1 is 0.686 bits per heavy atom. The van der Waals surface area contributed by atoms with E-state index in [1.165, 1.54) is 12.1 Å². The Labute approximate surface area is 205 Å². The van der Waals surface area contributed by atoms with Crippen LogP contribution in [-0.2, 0) is 0 Å². The Morgan fingerprint density at radius 2 is 1.31 bits per heavy atom. The van der Waals surface area contributed by atoms with Crippen LogP contribution in [0.25, 0.3) is 0 Å². The molecule has 6 nitrogen and oxygen atoms in total. The molecule has 0 spiro atoms. The van der Waals surface area contributed by atoms with Crippen molar-refractivity contribution in [2.75, 3.05) is 10.2 Å². The topological polar surface area (TPSA) is 83.6 Å². The number of rotatable bonds is 5. The van der Waals surface area contributed by atoms with Crippen LogP contribution in [0.5, 0.6) is 0 Å². The SMILES string of the molecule is O=C(Nc1ccc(Cl)cc1C(=O)c1ccccc1)c1cccc(N2C(=O)c3ccccc3C2=O)c1. The molecule has 0 bridgehead atoms. The van der Waals surface area contributed by atoms with E-state index in [0.717, 1.165) is 4.90 Å². The molecule has 3 amide bonds. The molecular weight excluding hydrogens is 464 g/mol. The number of hydrogen-bond donors (Lipinski definition) is 1. The van der Waals surface area contributed by atoms with Gasteiger partial charge in [0, 0.05) is 21.7 Å². The van der Waals surface area contributed by atoms with E-state index in [4.69, 9.17) is 11.6 Å². The molecule has 5 rings (SSSR count). The minimum Gasteiger partial charge on any atom is -0.321 e. The van der Waals surface area contributed by atoms with Gasteiger partial charge in [-0.2, -0.15) is 0 Å². The van der Waals surface area contributed by atoms with Gasteiger partial charge in [0.25, 0.3) is 17.7 Å². The van der Waals surface area contributed by atoms with Crippen molar-refractivity contribution in [3.63, 3.8) is 0 Å². The Balaban J connectivity index is 1.44. The van der Waals surface area contributed by atoms with Gasteiger partial charge in [0.15, 0.2) is 5.78 Å². The van der Waals surface area contributed by atoms with Crippen LogP contribution in [0.4, 0.5) is 11.4 Å². The first-order valence-corrected chi connectivity index (χ1v) is 11.1. The number of benzene rings is 4. The molecule has 0 radical (unpaired) electrons. The van der Waals surface area contributed by atoms with Crippen LogP contribution >= 0.6 is 11.6 Å². The summed E-state index contributed by atoms with van der Waals surface area (Å²) in [5.74, 6) is -1.69. The lowest BCUT2D eigenvalue weighted by Crippen LogP contribution is -2.29. The van der Waals surface area contributed by atoms with Gasteiger partial charge in [-0.25, -0.2) is 4.90 Å². The number of ketones is 1. The standard InChI is InChI=1S/C28H17ClN2O4/c29-19-13-14-24(23(16-19)25(32)17-7-2-1-3-8-17)30-26(33)18-9-6-10-20(15-18)31-27(34)21-11-4-5-12-22(21)28(31)35/h1-16H,(H,30,33). The average molecular weight is 481 g/mol. The van der Waals surface area contributed by atoms with E-state index in [1.54, 1.807) is 84.9 Å². The monoisotopic (exact) mass is 480 g/mol. The molecule has 0 saturated heterocycles. The number of nitrogens with one attached hydrogen (secondary N) is 1. The zero-order valence-corrected chi connectivity index (χ0v) is 19.0. The number of carbonyl (C=O) groups is 4. The second-order valence-electron chi connectivity index (χ2n) is 7.88. The van der Waals surface area contributed by atoms with Crippen LogP contribution in [0.15, 0.2) is 97.1 Å². The van der Waals surface area contributed by atoms with Gasteiger partial charge < -0.3 is 5.32 Å². The molecule has 170 valence electrons. The van der Waals surface area contributed by atoms with Crippen LogP contribution in [0, 0.1) is 0 Å². The highest BCUT2D eigenvalue weighted by Crippen LogP contribution is 2.29. The second-order valence-corrected chi connectivity index (χ2v) is 8.32. The van der Waals surface area contributed by atoms with Gasteiger partial charge in [-0.15, -0.1) is 0 Å². The van der Waals surface area contributed by atoms with Crippen molar-refractivity contribution < 1.29 is 19.2 Å². The van der Waals surface area contributed by atoms with Gasteiger partial charge in [-0.05, 0) is 48.5 Å². The van der Waals surface area contributed by atoms with Crippen molar-refractivity contribution in [3.05, 3.63) is 130 Å². The van der Waals surface area contributed by atoms with E-state index in [0.29, 0.717) is 27.4 Å². The normalized spacial score (nSPS) is 12.4. The molecule has 4 aromatic carbocycles. The van der Waals surface area contributed by atoms with Crippen molar-refractivity contribution in [1.82, 2.24) is 0 Å². The highest BCUT2D eigenvalue weighted by atomic mass is 35.5. The minimum absolute atomic E-state index is 0.215. The number of carbonyl (C=O) groups excluding carboxylic acids is 4. The fraction of sp³-hybridized carbons (Fsp3) is 0. The molecule has 0 atom stereocenters. The summed E-state index contributed by atoms with van der Waals surface area (Å²) in [6.45, 7) is 0. The Hall–Kier alpha value is -4.55. The molecular formula is C28H17ClN2O4. The fourth-order valence-electron chi connectivity index (χ4n) is 3.96. The summed E-state index contributed by atoms with van der Waals surface area (Å²) in [6.07, 6.45) is 0. The molecule has 0 unspecified atom stereocenters. The third kappa shape index (κ3) is 4.11. The molecule has 7 heteroatoms. The number of halogens is 1. The lowest BCUT2D eigenvalue weighted by Gasteiger charge is -2.15. The molecule has 4 aromatic rings. The third-order valence-electron chi connectivity index (χ3n) is 5.67. The fourth-order valence-corrected chi connectivity index (χ4v) is 4.13. The van der Waals surface area contributed by atoms with E-state index < -0.39 is 17.7 Å². The van der Waals surface area contributed by atoms with E-state index >= 15 is 0 Å². The number of anilines is 2. The zero-order valence-electron chi connectivity index (χ0n) is 18.2. The summed E-state index contributed by atoms with van der Waals surface area (Å²) in [5, 5.41) is 3.11. The third-order valence-corrected chi connectivity index (χ3v) is 5.91. The first-order chi connectivity index (χ1) is 16.9. The maximum Gasteiger partial charge on any atom is 0.266 e. The van der Waals surface area contributed by atoms with Gasteiger partial charge in [0.2, 0.25) is 0 Å². The van der Waals surface area contributed by atoms with Crippen LogP contribution in [0.3, 0.4) is 0 Å². The number of imide groups is 1. The van der Waals surface area contributed by atoms with Gasteiger partial charge in [-0.1, -0.05) is 60.1 Å². The maximum absolute atomic E-state index is 13.1. The van der Waals surface area contributed by atoms with Crippen LogP contribution < -0.4 is 10.2 Å². The van der Waals surface area contributed by atoms with E-state index in [-0.39, 0.29) is 22.6 Å². The summed E-state index contributed by atoms with van der Waals surface area (Å²) in [7, 11) is 0. The van der Waals surface area contributed by atoms with E-state index in [1.807, 2.05) is 0 Å². The summed E-state index contributed by atoms with van der Waals surface area (Å²) < 4.78 is 0. The van der Waals surface area contributed by atoms with Gasteiger partial charge in [-0.3, -0.25) is 19.2 Å². The van der Waals surface area contributed by atoms with Crippen LogP contribution in [0.2, 0.25) is 5.02 Å². The molecule has 1 aliphatic rings. The van der Waals surface area contributed by atoms with Gasteiger partial charge in [0.05, 0.1) is 22.5 Å². The van der Waals surface area contributed by atoms with Crippen molar-refractivity contribution >= 4 is 46.5 Å². The Kier molecular flexibility index (Phi) is 5.73. The number of fused-ring (bicyclic) bond motifs is 1.